The average molecular weight is 353 g/mol. The van der Waals surface area contributed by atoms with Crippen LogP contribution >= 0.6 is 35.6 Å². The minimum Gasteiger partial charge on any atom is -0.507 e. The number of benzene rings is 2. The van der Waals surface area contributed by atoms with Crippen LogP contribution in [0.25, 0.3) is 20.2 Å². The van der Waals surface area contributed by atoms with Gasteiger partial charge in [-0.3, -0.25) is 4.79 Å². The summed E-state index contributed by atoms with van der Waals surface area (Å²) in [5.74, 6) is 0.807. The average Bonchev–Trinajstić information content (AvgIpc) is 2.52. The molecule has 0 radical (unpaired) electrons. The Bertz CT molecular complexity index is 892. The smallest absolute Gasteiger partial charge is 0.199 e. The number of aromatic hydroxyl groups is 1. The van der Waals surface area contributed by atoms with E-state index >= 15 is 0 Å². The lowest BCUT2D eigenvalue weighted by Gasteiger charge is -2.11. The molecule has 0 bridgehead atoms. The maximum Gasteiger partial charge on any atom is 0.199 e. The fourth-order valence-corrected chi connectivity index (χ4v) is 3.49. The molecule has 1 atom stereocenters. The summed E-state index contributed by atoms with van der Waals surface area (Å²) < 4.78 is 7.16. The lowest BCUT2D eigenvalue weighted by atomic mass is 10.1. The molecule has 2 aromatic carbocycles. The number of rotatable bonds is 4. The first-order chi connectivity index (χ1) is 10.6. The Morgan fingerprint density at radius 1 is 1.27 bits per heavy atom. The van der Waals surface area contributed by atoms with Crippen molar-refractivity contribution in [3.05, 3.63) is 46.6 Å². The molecular formula is C16H13ClO3S2. The third-order valence-electron chi connectivity index (χ3n) is 3.25. The number of thiol groups is 1. The molecule has 0 amide bonds. The number of phenols is 1. The second-order valence-corrected chi connectivity index (χ2v) is 6.98. The molecule has 0 aliphatic rings. The molecule has 6 heteroatoms. The van der Waals surface area contributed by atoms with Crippen molar-refractivity contribution in [2.24, 2.45) is 0 Å². The number of hydrogen-bond donors (Lipinski definition) is 2. The number of halogens is 1. The minimum absolute atomic E-state index is 0.0684. The molecule has 0 aliphatic heterocycles. The van der Waals surface area contributed by atoms with Crippen molar-refractivity contribution in [1.82, 2.24) is 0 Å². The second-order valence-electron chi connectivity index (χ2n) is 4.86. The molecule has 0 spiro atoms. The molecule has 22 heavy (non-hydrogen) atoms. The Kier molecular flexibility index (Phi) is 4.47. The van der Waals surface area contributed by atoms with Crippen LogP contribution in [0.2, 0.25) is 0 Å². The van der Waals surface area contributed by atoms with E-state index in [-0.39, 0.29) is 16.4 Å². The maximum absolute atomic E-state index is 12.5. The van der Waals surface area contributed by atoms with Crippen LogP contribution in [0.3, 0.4) is 0 Å². The van der Waals surface area contributed by atoms with Gasteiger partial charge in [0.25, 0.3) is 0 Å². The van der Waals surface area contributed by atoms with Crippen LogP contribution in [0.15, 0.2) is 41.2 Å². The topological polar surface area (TPSA) is 46.5 Å². The van der Waals surface area contributed by atoms with Crippen molar-refractivity contribution in [2.45, 2.75) is 5.25 Å². The molecule has 3 nitrogen and oxygen atoms in total. The van der Waals surface area contributed by atoms with Gasteiger partial charge < -0.3 is 9.84 Å². The van der Waals surface area contributed by atoms with Crippen LogP contribution in [0.5, 0.6) is 11.5 Å². The van der Waals surface area contributed by atoms with Gasteiger partial charge in [-0.25, -0.2) is 0 Å². The van der Waals surface area contributed by atoms with Crippen molar-refractivity contribution in [1.29, 1.82) is 0 Å². The van der Waals surface area contributed by atoms with Crippen LogP contribution in [-0.2, 0) is 0 Å². The van der Waals surface area contributed by atoms with Crippen LogP contribution in [0, 0.1) is 0 Å². The molecule has 3 rings (SSSR count). The van der Waals surface area contributed by atoms with E-state index in [1.54, 1.807) is 12.1 Å². The van der Waals surface area contributed by atoms with Crippen molar-refractivity contribution in [3.63, 3.8) is 0 Å². The van der Waals surface area contributed by atoms with E-state index < -0.39 is 0 Å². The van der Waals surface area contributed by atoms with Gasteiger partial charge in [0, 0.05) is 32.0 Å². The van der Waals surface area contributed by atoms with Crippen molar-refractivity contribution in [2.75, 3.05) is 12.5 Å². The first-order valence-corrected chi connectivity index (χ1v) is 8.52. The van der Waals surface area contributed by atoms with Crippen molar-refractivity contribution < 1.29 is 9.84 Å². The normalized spacial score (nSPS) is 12.6. The highest BCUT2D eigenvalue weighted by molar-refractivity contribution is 7.81. The molecule has 0 aliphatic carbocycles. The lowest BCUT2D eigenvalue weighted by molar-refractivity contribution is 0.322. The summed E-state index contributed by atoms with van der Waals surface area (Å²) in [4.78, 5) is 12.5. The van der Waals surface area contributed by atoms with Crippen LogP contribution < -0.4 is 10.2 Å². The zero-order valence-corrected chi connectivity index (χ0v) is 13.9. The molecule has 1 heterocycles. The Morgan fingerprint density at radius 3 is 2.82 bits per heavy atom. The van der Waals surface area contributed by atoms with Gasteiger partial charge in [-0.15, -0.1) is 22.9 Å². The quantitative estimate of drug-likeness (QED) is 0.423. The lowest BCUT2D eigenvalue weighted by Crippen LogP contribution is -2.13. The van der Waals surface area contributed by atoms with E-state index in [9.17, 15) is 9.90 Å². The van der Waals surface area contributed by atoms with Gasteiger partial charge in [-0.05, 0) is 18.2 Å². The van der Waals surface area contributed by atoms with Gasteiger partial charge in [-0.1, -0.05) is 12.1 Å². The van der Waals surface area contributed by atoms with Crippen LogP contribution in [-0.4, -0.2) is 22.8 Å². The zero-order chi connectivity index (χ0) is 15.7. The molecule has 1 unspecified atom stereocenters. The first-order valence-electron chi connectivity index (χ1n) is 6.65. The van der Waals surface area contributed by atoms with E-state index in [4.69, 9.17) is 16.3 Å². The van der Waals surface area contributed by atoms with Crippen molar-refractivity contribution >= 4 is 55.7 Å². The summed E-state index contributed by atoms with van der Waals surface area (Å²) in [7, 11) is 0. The van der Waals surface area contributed by atoms with Crippen molar-refractivity contribution in [3.8, 4) is 11.5 Å². The van der Waals surface area contributed by atoms with E-state index in [0.29, 0.717) is 33.7 Å². The SMILES string of the molecule is O=c1c2ccccc2sc2cc(OCC(S)CCl)cc(O)c12. The summed E-state index contributed by atoms with van der Waals surface area (Å²) in [5.41, 5.74) is -0.166. The van der Waals surface area contributed by atoms with Gasteiger partial charge >= 0.3 is 0 Å². The largest absolute Gasteiger partial charge is 0.507 e. The Balaban J connectivity index is 2.13. The Morgan fingerprint density at radius 2 is 2.05 bits per heavy atom. The molecule has 0 saturated carbocycles. The molecule has 3 aromatic rings. The summed E-state index contributed by atoms with van der Waals surface area (Å²) in [6, 6.07) is 10.6. The molecule has 1 aromatic heterocycles. The maximum atomic E-state index is 12.5. The number of hydrogen-bond acceptors (Lipinski definition) is 5. The molecule has 0 saturated heterocycles. The Hall–Kier alpha value is -1.43. The first kappa shape index (κ1) is 15.5. The third-order valence-corrected chi connectivity index (χ3v) is 5.29. The summed E-state index contributed by atoms with van der Waals surface area (Å²) in [5, 5.41) is 11.1. The number of phenolic OH excluding ortho intramolecular Hbond substituents is 1. The van der Waals surface area contributed by atoms with Gasteiger partial charge in [0.1, 0.15) is 18.1 Å². The van der Waals surface area contributed by atoms with Gasteiger partial charge in [0.15, 0.2) is 5.43 Å². The monoisotopic (exact) mass is 352 g/mol. The fourth-order valence-electron chi connectivity index (χ4n) is 2.20. The number of ether oxygens (including phenoxy) is 1. The zero-order valence-electron chi connectivity index (χ0n) is 11.5. The van der Waals surface area contributed by atoms with Crippen LogP contribution in [0.1, 0.15) is 0 Å². The van der Waals surface area contributed by atoms with Gasteiger partial charge in [0.2, 0.25) is 0 Å². The van der Waals surface area contributed by atoms with Gasteiger partial charge in [-0.2, -0.15) is 12.6 Å². The van der Waals surface area contributed by atoms with E-state index in [1.807, 2.05) is 18.2 Å². The molecule has 1 N–H and O–H groups in total. The highest BCUT2D eigenvalue weighted by atomic mass is 35.5. The van der Waals surface area contributed by atoms with E-state index in [2.05, 4.69) is 12.6 Å². The highest BCUT2D eigenvalue weighted by Gasteiger charge is 2.12. The second kappa shape index (κ2) is 6.36. The number of alkyl halides is 1. The minimum atomic E-state index is -0.166. The summed E-state index contributed by atoms with van der Waals surface area (Å²) >= 11 is 11.4. The predicted octanol–water partition coefficient (Wildman–Crippen LogP) is 4.04. The summed E-state index contributed by atoms with van der Waals surface area (Å²) in [6.07, 6.45) is 0. The predicted molar refractivity (Wildman–Crippen MR) is 96.3 cm³/mol. The van der Waals surface area contributed by atoms with E-state index in [1.165, 1.54) is 17.4 Å². The summed E-state index contributed by atoms with van der Waals surface area (Å²) in [6.45, 7) is 0.333. The highest BCUT2D eigenvalue weighted by Crippen LogP contribution is 2.33. The standard InChI is InChI=1S/C16H13ClO3S2/c17-7-10(21)8-20-9-5-12(18)15-14(6-9)22-13-4-2-1-3-11(13)16(15)19/h1-6,10,18,21H,7-8H2. The third kappa shape index (κ3) is 2.89. The van der Waals surface area contributed by atoms with E-state index in [0.717, 1.165) is 4.70 Å². The van der Waals surface area contributed by atoms with Crippen LogP contribution in [0.4, 0.5) is 0 Å². The fraction of sp³-hybridized carbons (Fsp3) is 0.188. The Labute approximate surface area is 141 Å². The molecule has 114 valence electrons. The van der Waals surface area contributed by atoms with Gasteiger partial charge in [0.05, 0.1) is 5.39 Å². The molecule has 0 fully saturated rings. The number of fused-ring (bicyclic) bond motifs is 2. The molecular weight excluding hydrogens is 340 g/mol.